The summed E-state index contributed by atoms with van der Waals surface area (Å²) in [6.45, 7) is 0. The van der Waals surface area contributed by atoms with E-state index in [0.29, 0.717) is 11.1 Å². The fourth-order valence-electron chi connectivity index (χ4n) is 1.37. The van der Waals surface area contributed by atoms with Gasteiger partial charge in [-0.25, -0.2) is 17.9 Å². The first-order valence-electron chi connectivity index (χ1n) is 6.29. The monoisotopic (exact) mass is 414 g/mol. The lowest BCUT2D eigenvalue weighted by Gasteiger charge is -2.00. The van der Waals surface area contributed by atoms with Gasteiger partial charge < -0.3 is 29.4 Å². The fraction of sp³-hybridized carbons (Fsp3) is 0. The number of carbonyl (C=O) groups is 1. The van der Waals surface area contributed by atoms with Crippen molar-refractivity contribution in [2.24, 2.45) is 0 Å². The van der Waals surface area contributed by atoms with Gasteiger partial charge in [0.25, 0.3) is 0 Å². The molecule has 0 aliphatic carbocycles. The first-order chi connectivity index (χ1) is 11.7. The molecule has 0 atom stereocenters. The Morgan fingerprint density at radius 1 is 0.615 bits per heavy atom. The summed E-state index contributed by atoms with van der Waals surface area (Å²) < 4.78 is 43.1. The van der Waals surface area contributed by atoms with Gasteiger partial charge in [0.1, 0.15) is 11.6 Å². The molecule has 6 N–H and O–H groups in total. The highest BCUT2D eigenvalue weighted by Crippen LogP contribution is 2.26. The van der Waals surface area contributed by atoms with Gasteiger partial charge in [0.05, 0.1) is 0 Å². The lowest BCUT2D eigenvalue weighted by molar-refractivity contribution is 0.103. The molecule has 13 heteroatoms. The highest BCUT2D eigenvalue weighted by Gasteiger charge is 2.08. The zero-order valence-corrected chi connectivity index (χ0v) is 14.5. The van der Waals surface area contributed by atoms with Crippen LogP contribution in [-0.4, -0.2) is 35.1 Å². The Labute approximate surface area is 145 Å². The van der Waals surface area contributed by atoms with E-state index in [1.54, 1.807) is 0 Å². The topological polar surface area (TPSA) is 173 Å². The van der Waals surface area contributed by atoms with Gasteiger partial charge in [-0.05, 0) is 48.5 Å². The van der Waals surface area contributed by atoms with Crippen molar-refractivity contribution in [3.05, 3.63) is 71.3 Å². The zero-order valence-electron chi connectivity index (χ0n) is 12.7. The Morgan fingerprint density at radius 3 is 1.00 bits per heavy atom. The standard InChI is InChI=1S/C13H8F2O.2H3O4P/c14-11-5-1-9(2-6-11)13(16)10-3-7-12(15)8-4-10;2*1-5(2,3)4/h1-8H;2*(H3,1,2,3,4). The number of carbonyl (C=O) groups excluding carboxylic acids is 1. The van der Waals surface area contributed by atoms with Crippen LogP contribution in [0.25, 0.3) is 0 Å². The van der Waals surface area contributed by atoms with E-state index in [2.05, 4.69) is 0 Å². The van der Waals surface area contributed by atoms with E-state index in [4.69, 9.17) is 38.5 Å². The van der Waals surface area contributed by atoms with Crippen LogP contribution in [0.5, 0.6) is 0 Å². The number of benzene rings is 2. The van der Waals surface area contributed by atoms with E-state index in [1.165, 1.54) is 48.5 Å². The van der Waals surface area contributed by atoms with Gasteiger partial charge in [0.15, 0.2) is 5.78 Å². The molecule has 0 aromatic heterocycles. The van der Waals surface area contributed by atoms with Crippen molar-refractivity contribution >= 4 is 21.4 Å². The molecule has 2 rings (SSSR count). The molecular formula is C13H14F2O9P2. The third-order valence-corrected chi connectivity index (χ3v) is 2.21. The second kappa shape index (κ2) is 10.4. The van der Waals surface area contributed by atoms with E-state index < -0.39 is 27.3 Å². The van der Waals surface area contributed by atoms with Crippen molar-refractivity contribution < 1.29 is 52.1 Å². The number of rotatable bonds is 2. The van der Waals surface area contributed by atoms with Gasteiger partial charge in [0.2, 0.25) is 0 Å². The van der Waals surface area contributed by atoms with Crippen LogP contribution < -0.4 is 0 Å². The van der Waals surface area contributed by atoms with Crippen LogP contribution in [0.15, 0.2) is 48.5 Å². The van der Waals surface area contributed by atoms with Crippen molar-refractivity contribution in [3.8, 4) is 0 Å². The highest BCUT2D eigenvalue weighted by molar-refractivity contribution is 7.45. The van der Waals surface area contributed by atoms with Crippen molar-refractivity contribution in [2.45, 2.75) is 0 Å². The van der Waals surface area contributed by atoms with Crippen molar-refractivity contribution in [2.75, 3.05) is 0 Å². The van der Waals surface area contributed by atoms with Crippen LogP contribution in [0.3, 0.4) is 0 Å². The Morgan fingerprint density at radius 2 is 0.808 bits per heavy atom. The predicted octanol–water partition coefficient (Wildman–Crippen LogP) is 1.34. The molecule has 2 aromatic rings. The van der Waals surface area contributed by atoms with E-state index in [9.17, 15) is 13.6 Å². The summed E-state index contributed by atoms with van der Waals surface area (Å²) in [6, 6.07) is 10.5. The first kappa shape index (κ1) is 24.2. The minimum Gasteiger partial charge on any atom is -0.303 e. The van der Waals surface area contributed by atoms with Gasteiger partial charge in [-0.15, -0.1) is 0 Å². The van der Waals surface area contributed by atoms with Gasteiger partial charge in [0, 0.05) is 11.1 Å². The zero-order chi connectivity index (χ0) is 20.5. The maximum Gasteiger partial charge on any atom is 0.466 e. The molecule has 0 spiro atoms. The minimum atomic E-state index is -4.64. The molecule has 0 aliphatic rings. The lowest BCUT2D eigenvalue weighted by atomic mass is 10.0. The molecule has 0 amide bonds. The molecule has 0 unspecified atom stereocenters. The number of halogens is 2. The van der Waals surface area contributed by atoms with E-state index in [1.807, 2.05) is 0 Å². The molecule has 0 heterocycles. The normalized spacial score (nSPS) is 10.8. The SMILES string of the molecule is O=C(c1ccc(F)cc1)c1ccc(F)cc1.O=P(O)(O)O.O=P(O)(O)O. The maximum absolute atomic E-state index is 12.6. The Bertz CT molecular complexity index is 713. The second-order valence-electron chi connectivity index (χ2n) is 4.37. The van der Waals surface area contributed by atoms with E-state index in [-0.39, 0.29) is 5.78 Å². The van der Waals surface area contributed by atoms with Crippen LogP contribution in [0.4, 0.5) is 8.78 Å². The molecule has 0 saturated heterocycles. The van der Waals surface area contributed by atoms with Crippen LogP contribution in [-0.2, 0) is 9.13 Å². The highest BCUT2D eigenvalue weighted by atomic mass is 31.2. The Hall–Kier alpha value is -1.81. The number of ketones is 1. The van der Waals surface area contributed by atoms with Crippen molar-refractivity contribution in [1.29, 1.82) is 0 Å². The molecule has 144 valence electrons. The van der Waals surface area contributed by atoms with Crippen LogP contribution >= 0.6 is 15.6 Å². The smallest absolute Gasteiger partial charge is 0.303 e. The largest absolute Gasteiger partial charge is 0.466 e. The molecule has 26 heavy (non-hydrogen) atoms. The number of phosphoric acid groups is 2. The van der Waals surface area contributed by atoms with Gasteiger partial charge in [-0.1, -0.05) is 0 Å². The summed E-state index contributed by atoms with van der Waals surface area (Å²) >= 11 is 0. The quantitative estimate of drug-likeness (QED) is 0.313. The van der Waals surface area contributed by atoms with Crippen LogP contribution in [0.2, 0.25) is 0 Å². The predicted molar refractivity (Wildman–Crippen MR) is 84.8 cm³/mol. The second-order valence-corrected chi connectivity index (χ2v) is 6.42. The molecule has 9 nitrogen and oxygen atoms in total. The summed E-state index contributed by atoms with van der Waals surface area (Å²) in [4.78, 5) is 54.9. The third-order valence-electron chi connectivity index (χ3n) is 2.21. The fourth-order valence-corrected chi connectivity index (χ4v) is 1.37. The maximum atomic E-state index is 12.6. The third kappa shape index (κ3) is 14.5. The van der Waals surface area contributed by atoms with Crippen LogP contribution in [0, 0.1) is 11.6 Å². The Balaban J connectivity index is 0.000000520. The molecule has 0 bridgehead atoms. The number of hydrogen-bond acceptors (Lipinski definition) is 3. The lowest BCUT2D eigenvalue weighted by Crippen LogP contribution is -2.01. The van der Waals surface area contributed by atoms with E-state index in [0.717, 1.165) is 0 Å². The average molecular weight is 414 g/mol. The van der Waals surface area contributed by atoms with Crippen molar-refractivity contribution in [1.82, 2.24) is 0 Å². The summed E-state index contributed by atoms with van der Waals surface area (Å²) in [7, 11) is -9.28. The molecule has 2 aromatic carbocycles. The molecule has 0 saturated carbocycles. The summed E-state index contributed by atoms with van der Waals surface area (Å²) in [6.07, 6.45) is 0. The number of hydrogen-bond donors (Lipinski definition) is 6. The van der Waals surface area contributed by atoms with Gasteiger partial charge in [-0.2, -0.15) is 0 Å². The molecular weight excluding hydrogens is 400 g/mol. The minimum absolute atomic E-state index is 0.250. The summed E-state index contributed by atoms with van der Waals surface area (Å²) in [5, 5.41) is 0. The molecule has 0 aliphatic heterocycles. The van der Waals surface area contributed by atoms with E-state index >= 15 is 0 Å². The summed E-state index contributed by atoms with van der Waals surface area (Å²) in [5.41, 5.74) is 0.765. The van der Waals surface area contributed by atoms with Gasteiger partial charge >= 0.3 is 15.6 Å². The average Bonchev–Trinajstić information content (AvgIpc) is 2.45. The van der Waals surface area contributed by atoms with Crippen LogP contribution in [0.1, 0.15) is 15.9 Å². The molecule has 0 radical (unpaired) electrons. The first-order valence-corrected chi connectivity index (χ1v) is 9.42. The molecule has 0 fully saturated rings. The van der Waals surface area contributed by atoms with Crippen molar-refractivity contribution in [3.63, 3.8) is 0 Å². The van der Waals surface area contributed by atoms with Gasteiger partial charge in [-0.3, -0.25) is 4.79 Å². The Kier molecular flexibility index (Phi) is 9.64. The summed E-state index contributed by atoms with van der Waals surface area (Å²) in [5.74, 6) is -1.04.